The number of aliphatic carboxylic acids is 1. The Hall–Kier alpha value is -1.91. The number of hydrogen-bond donors (Lipinski definition) is 2. The Morgan fingerprint density at radius 1 is 1.38 bits per heavy atom. The van der Waals surface area contributed by atoms with E-state index in [9.17, 15) is 9.59 Å². The first-order valence-electron chi connectivity index (χ1n) is 3.49. The summed E-state index contributed by atoms with van der Waals surface area (Å²) in [6, 6.07) is 1.39. The van der Waals surface area contributed by atoms with Gasteiger partial charge in [-0.05, 0) is 11.6 Å². The molecule has 0 saturated heterocycles. The van der Waals surface area contributed by atoms with Gasteiger partial charge in [-0.2, -0.15) is 0 Å². The van der Waals surface area contributed by atoms with Crippen molar-refractivity contribution in [3.8, 4) is 0 Å². The second-order valence-electron chi connectivity index (χ2n) is 2.41. The highest BCUT2D eigenvalue weighted by molar-refractivity contribution is 5.90. The van der Waals surface area contributed by atoms with E-state index in [1.807, 2.05) is 0 Å². The van der Waals surface area contributed by atoms with Crippen molar-refractivity contribution in [3.63, 3.8) is 0 Å². The second kappa shape index (κ2) is 3.66. The van der Waals surface area contributed by atoms with E-state index in [1.165, 1.54) is 12.3 Å². The van der Waals surface area contributed by atoms with E-state index >= 15 is 0 Å². The molecule has 1 aromatic heterocycles. The second-order valence-corrected chi connectivity index (χ2v) is 2.41. The summed E-state index contributed by atoms with van der Waals surface area (Å²) in [6.07, 6.45) is 2.20. The predicted octanol–water partition coefficient (Wildman–Crippen LogP) is 0.407. The van der Waals surface area contributed by atoms with Gasteiger partial charge in [0.1, 0.15) is 0 Å². The summed E-state index contributed by atoms with van der Waals surface area (Å²) in [5, 5.41) is 17.1. The first kappa shape index (κ1) is 9.18. The van der Waals surface area contributed by atoms with Crippen molar-refractivity contribution in [2.75, 3.05) is 0 Å². The van der Waals surface area contributed by atoms with Crippen molar-refractivity contribution in [3.05, 3.63) is 29.6 Å². The van der Waals surface area contributed by atoms with Crippen LogP contribution >= 0.6 is 0 Å². The van der Waals surface area contributed by atoms with Crippen molar-refractivity contribution >= 4 is 11.9 Å². The van der Waals surface area contributed by atoms with Crippen molar-refractivity contribution in [1.82, 2.24) is 4.98 Å². The van der Waals surface area contributed by atoms with E-state index in [0.29, 0.717) is 0 Å². The van der Waals surface area contributed by atoms with Gasteiger partial charge in [0.15, 0.2) is 0 Å². The Balaban J connectivity index is 3.04. The van der Waals surface area contributed by atoms with Gasteiger partial charge in [-0.15, -0.1) is 0 Å². The van der Waals surface area contributed by atoms with Crippen LogP contribution in [-0.4, -0.2) is 27.1 Å². The maximum Gasteiger partial charge on any atom is 0.337 e. The molecule has 5 heteroatoms. The summed E-state index contributed by atoms with van der Waals surface area (Å²) < 4.78 is 0. The van der Waals surface area contributed by atoms with Gasteiger partial charge < -0.3 is 10.2 Å². The standard InChI is InChI=1S/C8H7NO4/c10-7(11)3-5-1-2-9-4-6(5)8(12)13/h1-2,4H,3H2,(H,10,11)(H,12,13). The van der Waals surface area contributed by atoms with E-state index in [0.717, 1.165) is 6.20 Å². The number of carboxylic acids is 2. The maximum absolute atomic E-state index is 10.6. The van der Waals surface area contributed by atoms with Crippen molar-refractivity contribution in [1.29, 1.82) is 0 Å². The number of aromatic carboxylic acids is 1. The fraction of sp³-hybridized carbons (Fsp3) is 0.125. The molecule has 2 N–H and O–H groups in total. The molecule has 0 amide bonds. The summed E-state index contributed by atoms with van der Waals surface area (Å²) in [7, 11) is 0. The Morgan fingerprint density at radius 3 is 2.62 bits per heavy atom. The number of nitrogens with zero attached hydrogens (tertiary/aromatic N) is 1. The van der Waals surface area contributed by atoms with Crippen LogP contribution in [0.5, 0.6) is 0 Å². The van der Waals surface area contributed by atoms with E-state index in [2.05, 4.69) is 4.98 Å². The Labute approximate surface area is 73.7 Å². The van der Waals surface area contributed by atoms with Crippen LogP contribution in [0.3, 0.4) is 0 Å². The molecule has 0 unspecified atom stereocenters. The molecule has 0 aliphatic carbocycles. The van der Waals surface area contributed by atoms with E-state index in [1.54, 1.807) is 0 Å². The largest absolute Gasteiger partial charge is 0.481 e. The summed E-state index contributed by atoms with van der Waals surface area (Å²) >= 11 is 0. The van der Waals surface area contributed by atoms with Gasteiger partial charge in [0, 0.05) is 12.4 Å². The molecule has 0 saturated carbocycles. The third-order valence-corrected chi connectivity index (χ3v) is 1.48. The van der Waals surface area contributed by atoms with Gasteiger partial charge in [0.05, 0.1) is 12.0 Å². The molecule has 1 rings (SSSR count). The van der Waals surface area contributed by atoms with Gasteiger partial charge in [-0.1, -0.05) is 0 Å². The average Bonchev–Trinajstić information content (AvgIpc) is 2.03. The van der Waals surface area contributed by atoms with Gasteiger partial charge >= 0.3 is 11.9 Å². The predicted molar refractivity (Wildman–Crippen MR) is 42.5 cm³/mol. The highest BCUT2D eigenvalue weighted by atomic mass is 16.4. The molecule has 5 nitrogen and oxygen atoms in total. The minimum absolute atomic E-state index is 0.0649. The fourth-order valence-corrected chi connectivity index (χ4v) is 0.933. The first-order chi connectivity index (χ1) is 6.11. The molecule has 1 heterocycles. The van der Waals surface area contributed by atoms with Gasteiger partial charge in [0.2, 0.25) is 0 Å². The Morgan fingerprint density at radius 2 is 2.08 bits per heavy atom. The van der Waals surface area contributed by atoms with Crippen molar-refractivity contribution < 1.29 is 19.8 Å². The summed E-state index contributed by atoms with van der Waals surface area (Å²) in [5.41, 5.74) is 0.194. The monoisotopic (exact) mass is 181 g/mol. The summed E-state index contributed by atoms with van der Waals surface area (Å²) in [6.45, 7) is 0. The number of rotatable bonds is 3. The number of aromatic nitrogens is 1. The highest BCUT2D eigenvalue weighted by Gasteiger charge is 2.11. The minimum atomic E-state index is -1.16. The smallest absolute Gasteiger partial charge is 0.337 e. The lowest BCUT2D eigenvalue weighted by Gasteiger charge is -2.00. The molecule has 0 radical (unpaired) electrons. The molecule has 0 bridgehead atoms. The lowest BCUT2D eigenvalue weighted by atomic mass is 10.1. The number of hydrogen-bond acceptors (Lipinski definition) is 3. The zero-order chi connectivity index (χ0) is 9.84. The number of carbonyl (C=O) groups is 2. The van der Waals surface area contributed by atoms with E-state index in [-0.39, 0.29) is 17.5 Å². The lowest BCUT2D eigenvalue weighted by molar-refractivity contribution is -0.136. The molecule has 0 aliphatic heterocycles. The molecule has 0 aliphatic rings. The quantitative estimate of drug-likeness (QED) is 0.704. The molecule has 68 valence electrons. The van der Waals surface area contributed by atoms with Crippen LogP contribution < -0.4 is 0 Å². The third-order valence-electron chi connectivity index (χ3n) is 1.48. The van der Waals surface area contributed by atoms with E-state index < -0.39 is 11.9 Å². The average molecular weight is 181 g/mol. The normalized spacial score (nSPS) is 9.54. The maximum atomic E-state index is 10.6. The zero-order valence-electron chi connectivity index (χ0n) is 6.60. The van der Waals surface area contributed by atoms with Gasteiger partial charge in [0.25, 0.3) is 0 Å². The highest BCUT2D eigenvalue weighted by Crippen LogP contribution is 2.07. The lowest BCUT2D eigenvalue weighted by Crippen LogP contribution is -2.08. The van der Waals surface area contributed by atoms with E-state index in [4.69, 9.17) is 10.2 Å². The SMILES string of the molecule is O=C(O)Cc1ccncc1C(=O)O. The summed E-state index contributed by atoms with van der Waals surface area (Å²) in [4.78, 5) is 24.5. The molecular formula is C8H7NO4. The minimum Gasteiger partial charge on any atom is -0.481 e. The molecule has 0 aromatic carbocycles. The first-order valence-corrected chi connectivity index (χ1v) is 3.49. The van der Waals surface area contributed by atoms with Crippen LogP contribution in [0.4, 0.5) is 0 Å². The molecule has 0 fully saturated rings. The Kier molecular flexibility index (Phi) is 2.59. The fourth-order valence-electron chi connectivity index (χ4n) is 0.933. The van der Waals surface area contributed by atoms with Crippen LogP contribution in [-0.2, 0) is 11.2 Å². The number of carboxylic acid groups (broad SMARTS) is 2. The molecule has 1 aromatic rings. The Bertz CT molecular complexity index is 348. The zero-order valence-corrected chi connectivity index (χ0v) is 6.60. The molecule has 0 atom stereocenters. The van der Waals surface area contributed by atoms with Crippen LogP contribution in [0.2, 0.25) is 0 Å². The third kappa shape index (κ3) is 2.26. The molecule has 0 spiro atoms. The summed E-state index contributed by atoms with van der Waals surface area (Å²) in [5.74, 6) is -2.22. The van der Waals surface area contributed by atoms with Gasteiger partial charge in [-0.3, -0.25) is 9.78 Å². The topological polar surface area (TPSA) is 87.5 Å². The van der Waals surface area contributed by atoms with Crippen LogP contribution in [0.1, 0.15) is 15.9 Å². The molecular weight excluding hydrogens is 174 g/mol. The van der Waals surface area contributed by atoms with Crippen molar-refractivity contribution in [2.45, 2.75) is 6.42 Å². The van der Waals surface area contributed by atoms with Crippen LogP contribution in [0, 0.1) is 0 Å². The van der Waals surface area contributed by atoms with Gasteiger partial charge in [-0.25, -0.2) is 4.79 Å². The van der Waals surface area contributed by atoms with Crippen LogP contribution in [0.25, 0.3) is 0 Å². The van der Waals surface area contributed by atoms with Crippen LogP contribution in [0.15, 0.2) is 18.5 Å². The number of pyridine rings is 1. The van der Waals surface area contributed by atoms with Crippen molar-refractivity contribution in [2.24, 2.45) is 0 Å². The molecule has 13 heavy (non-hydrogen) atoms.